The Morgan fingerprint density at radius 3 is 2.23 bits per heavy atom. The Labute approximate surface area is 93.6 Å². The van der Waals surface area contributed by atoms with Gasteiger partial charge in [-0.15, -0.1) is 0 Å². The van der Waals surface area contributed by atoms with Gasteiger partial charge in [0.15, 0.2) is 0 Å². The van der Waals surface area contributed by atoms with Gasteiger partial charge >= 0.3 is 0 Å². The summed E-state index contributed by atoms with van der Waals surface area (Å²) in [7, 11) is 0. The van der Waals surface area contributed by atoms with E-state index in [2.05, 4.69) is 37.2 Å². The molecule has 2 N–H and O–H groups in total. The molecule has 1 heterocycles. The van der Waals surface area contributed by atoms with Crippen LogP contribution in [-0.2, 0) is 0 Å². The fraction of sp³-hybridized carbons (Fsp3) is 0.333. The third-order valence-electron chi connectivity index (χ3n) is 2.27. The van der Waals surface area contributed by atoms with Gasteiger partial charge in [-0.1, -0.05) is 0 Å². The minimum absolute atomic E-state index is 0.267. The first-order chi connectivity index (χ1) is 6.18. The molecule has 2 rings (SSSR count). The molecule has 0 unspecified atom stereocenters. The smallest absolute Gasteiger partial charge is 0.143 e. The second-order valence-corrected chi connectivity index (χ2v) is 4.84. The summed E-state index contributed by atoms with van der Waals surface area (Å²) in [5.41, 5.74) is 1.21. The average molecular weight is 307 g/mol. The van der Waals surface area contributed by atoms with Crippen molar-refractivity contribution in [2.75, 3.05) is 6.54 Å². The van der Waals surface area contributed by atoms with Crippen molar-refractivity contribution in [1.82, 2.24) is 5.32 Å². The quantitative estimate of drug-likeness (QED) is 0.836. The molecule has 1 aromatic carbocycles. The monoisotopic (exact) mass is 305 g/mol. The van der Waals surface area contributed by atoms with Crippen LogP contribution in [-0.4, -0.2) is 11.7 Å². The molecule has 0 saturated carbocycles. The van der Waals surface area contributed by atoms with Crippen LogP contribution in [0.25, 0.3) is 0 Å². The summed E-state index contributed by atoms with van der Waals surface area (Å²) < 4.78 is 1.48. The van der Waals surface area contributed by atoms with Gasteiger partial charge in [-0.2, -0.15) is 0 Å². The number of nitrogens with one attached hydrogen (secondary N) is 1. The molecule has 1 aromatic rings. The van der Waals surface area contributed by atoms with E-state index in [1.165, 1.54) is 12.0 Å². The summed E-state index contributed by atoms with van der Waals surface area (Å²) in [4.78, 5) is 0. The van der Waals surface area contributed by atoms with Crippen LogP contribution < -0.4 is 5.32 Å². The molecule has 0 aromatic heterocycles. The SMILES string of the molecule is Oc1c(Br)cc([C@@H]2CCN2)cc1Br. The lowest BCUT2D eigenvalue weighted by Crippen LogP contribution is -2.34. The molecule has 0 amide bonds. The van der Waals surface area contributed by atoms with Crippen molar-refractivity contribution in [1.29, 1.82) is 0 Å². The highest BCUT2D eigenvalue weighted by Gasteiger charge is 2.20. The third-order valence-corrected chi connectivity index (χ3v) is 3.47. The molecule has 0 spiro atoms. The summed E-state index contributed by atoms with van der Waals surface area (Å²) in [5, 5.41) is 12.8. The van der Waals surface area contributed by atoms with E-state index in [1.54, 1.807) is 0 Å². The second-order valence-electron chi connectivity index (χ2n) is 3.13. The van der Waals surface area contributed by atoms with E-state index < -0.39 is 0 Å². The molecule has 0 radical (unpaired) electrons. The maximum absolute atomic E-state index is 9.49. The van der Waals surface area contributed by atoms with Crippen molar-refractivity contribution in [3.8, 4) is 5.75 Å². The number of phenolic OH excluding ortho intramolecular Hbond substituents is 1. The van der Waals surface area contributed by atoms with Crippen LogP contribution in [0.4, 0.5) is 0 Å². The first kappa shape index (κ1) is 9.49. The Morgan fingerprint density at radius 1 is 1.31 bits per heavy atom. The Morgan fingerprint density at radius 2 is 1.85 bits per heavy atom. The molecule has 1 aliphatic rings. The lowest BCUT2D eigenvalue weighted by Gasteiger charge is -2.28. The standard InChI is InChI=1S/C9H9Br2NO/c10-6-3-5(8-1-2-12-8)4-7(11)9(6)13/h3-4,8,12-13H,1-2H2/t8-/m0/s1. The topological polar surface area (TPSA) is 32.3 Å². The molecular formula is C9H9Br2NO. The van der Waals surface area contributed by atoms with Crippen molar-refractivity contribution in [2.24, 2.45) is 0 Å². The van der Waals surface area contributed by atoms with Gasteiger partial charge in [0, 0.05) is 6.04 Å². The van der Waals surface area contributed by atoms with Crippen LogP contribution in [0, 0.1) is 0 Å². The molecule has 1 aliphatic heterocycles. The number of halogens is 2. The van der Waals surface area contributed by atoms with Crippen LogP contribution >= 0.6 is 31.9 Å². The fourth-order valence-corrected chi connectivity index (χ4v) is 2.58. The number of hydrogen-bond acceptors (Lipinski definition) is 2. The highest BCUT2D eigenvalue weighted by molar-refractivity contribution is 9.11. The van der Waals surface area contributed by atoms with Crippen molar-refractivity contribution >= 4 is 31.9 Å². The molecule has 1 saturated heterocycles. The highest BCUT2D eigenvalue weighted by atomic mass is 79.9. The predicted octanol–water partition coefficient (Wildman–Crippen LogP) is 2.95. The van der Waals surface area contributed by atoms with Crippen molar-refractivity contribution in [3.05, 3.63) is 26.6 Å². The van der Waals surface area contributed by atoms with E-state index in [0.29, 0.717) is 6.04 Å². The molecule has 13 heavy (non-hydrogen) atoms. The lowest BCUT2D eigenvalue weighted by atomic mass is 9.98. The van der Waals surface area contributed by atoms with E-state index in [0.717, 1.165) is 15.5 Å². The van der Waals surface area contributed by atoms with E-state index in [1.807, 2.05) is 12.1 Å². The maximum atomic E-state index is 9.49. The van der Waals surface area contributed by atoms with Gasteiger partial charge < -0.3 is 10.4 Å². The summed E-state index contributed by atoms with van der Waals surface area (Å²) in [6, 6.07) is 4.36. The summed E-state index contributed by atoms with van der Waals surface area (Å²) >= 11 is 6.62. The molecule has 2 nitrogen and oxygen atoms in total. The predicted molar refractivity (Wildman–Crippen MR) is 58.9 cm³/mol. The van der Waals surface area contributed by atoms with Gasteiger partial charge in [-0.25, -0.2) is 0 Å². The third kappa shape index (κ3) is 1.75. The Kier molecular flexibility index (Phi) is 2.62. The van der Waals surface area contributed by atoms with Gasteiger partial charge in [0.25, 0.3) is 0 Å². The molecule has 0 bridgehead atoms. The van der Waals surface area contributed by atoms with Gasteiger partial charge in [-0.05, 0) is 62.5 Å². The van der Waals surface area contributed by atoms with Gasteiger partial charge in [0.1, 0.15) is 5.75 Å². The van der Waals surface area contributed by atoms with Gasteiger partial charge in [0.05, 0.1) is 8.95 Å². The zero-order valence-corrected chi connectivity index (χ0v) is 10.0. The number of rotatable bonds is 1. The van der Waals surface area contributed by atoms with Crippen molar-refractivity contribution < 1.29 is 5.11 Å². The zero-order valence-electron chi connectivity index (χ0n) is 6.85. The van der Waals surface area contributed by atoms with Crippen LogP contribution in [0.3, 0.4) is 0 Å². The normalized spacial score (nSPS) is 21.2. The minimum Gasteiger partial charge on any atom is -0.506 e. The van der Waals surface area contributed by atoms with Crippen LogP contribution in [0.1, 0.15) is 18.0 Å². The summed E-state index contributed by atoms with van der Waals surface area (Å²) in [5.74, 6) is 0.267. The molecule has 1 fully saturated rings. The Bertz CT molecular complexity index is 313. The molecule has 0 aliphatic carbocycles. The highest BCUT2D eigenvalue weighted by Crippen LogP contribution is 2.36. The van der Waals surface area contributed by atoms with E-state index >= 15 is 0 Å². The van der Waals surface area contributed by atoms with E-state index in [9.17, 15) is 5.11 Å². The number of aromatic hydroxyl groups is 1. The zero-order chi connectivity index (χ0) is 9.42. The molecule has 1 atom stereocenters. The lowest BCUT2D eigenvalue weighted by molar-refractivity contribution is 0.382. The number of hydrogen-bond donors (Lipinski definition) is 2. The maximum Gasteiger partial charge on any atom is 0.143 e. The first-order valence-corrected chi connectivity index (χ1v) is 5.68. The largest absolute Gasteiger partial charge is 0.506 e. The molecular weight excluding hydrogens is 298 g/mol. The Hall–Kier alpha value is -0.0600. The summed E-state index contributed by atoms with van der Waals surface area (Å²) in [6.07, 6.45) is 1.17. The van der Waals surface area contributed by atoms with Crippen LogP contribution in [0.5, 0.6) is 5.75 Å². The minimum atomic E-state index is 0.267. The van der Waals surface area contributed by atoms with Crippen LogP contribution in [0.2, 0.25) is 0 Å². The molecule has 4 heteroatoms. The summed E-state index contributed by atoms with van der Waals surface area (Å²) in [6.45, 7) is 1.08. The Balaban J connectivity index is 2.37. The van der Waals surface area contributed by atoms with Gasteiger partial charge in [-0.3, -0.25) is 0 Å². The fourth-order valence-electron chi connectivity index (χ4n) is 1.36. The number of phenols is 1. The first-order valence-electron chi connectivity index (χ1n) is 4.10. The van der Waals surface area contributed by atoms with E-state index in [-0.39, 0.29) is 5.75 Å². The van der Waals surface area contributed by atoms with Crippen LogP contribution in [0.15, 0.2) is 21.1 Å². The van der Waals surface area contributed by atoms with Crippen molar-refractivity contribution in [3.63, 3.8) is 0 Å². The second kappa shape index (κ2) is 3.59. The van der Waals surface area contributed by atoms with Gasteiger partial charge in [0.2, 0.25) is 0 Å². The van der Waals surface area contributed by atoms with Crippen molar-refractivity contribution in [2.45, 2.75) is 12.5 Å². The molecule has 70 valence electrons. The van der Waals surface area contributed by atoms with E-state index in [4.69, 9.17) is 0 Å². The average Bonchev–Trinajstić information content (AvgIpc) is 1.96. The number of benzene rings is 1.